The monoisotopic (exact) mass is 450 g/mol. The Kier molecular flexibility index (Phi) is 5.82. The normalized spacial score (nSPS) is 15.5. The van der Waals surface area contributed by atoms with Gasteiger partial charge in [-0.2, -0.15) is 0 Å². The number of carbonyl (C=O) groups is 2. The summed E-state index contributed by atoms with van der Waals surface area (Å²) in [7, 11) is 0. The van der Waals surface area contributed by atoms with Crippen molar-refractivity contribution >= 4 is 46.3 Å². The Morgan fingerprint density at radius 2 is 1.68 bits per heavy atom. The number of hydrogen-bond donors (Lipinski definition) is 0. The molecule has 0 atom stereocenters. The highest BCUT2D eigenvalue weighted by molar-refractivity contribution is 8.19. The van der Waals surface area contributed by atoms with Gasteiger partial charge in [0.2, 0.25) is 0 Å². The van der Waals surface area contributed by atoms with Gasteiger partial charge in [0.05, 0.1) is 10.6 Å². The molecule has 2 aromatic carbocycles. The summed E-state index contributed by atoms with van der Waals surface area (Å²) in [5, 5.41) is 0.157. The van der Waals surface area contributed by atoms with Crippen LogP contribution in [0.15, 0.2) is 59.5 Å². The maximum atomic E-state index is 13.0. The molecule has 0 radical (unpaired) electrons. The fraction of sp³-hybridized carbons (Fsp3) is 0.200. The maximum Gasteiger partial charge on any atom is 0.298 e. The molecule has 6 heteroatoms. The molecule has 2 heterocycles. The highest BCUT2D eigenvalue weighted by Crippen LogP contribution is 2.37. The first-order chi connectivity index (χ1) is 14.8. The quantitative estimate of drug-likeness (QED) is 0.397. The summed E-state index contributed by atoms with van der Waals surface area (Å²) < 4.78 is 2.16. The van der Waals surface area contributed by atoms with Gasteiger partial charge in [-0.05, 0) is 85.1 Å². The summed E-state index contributed by atoms with van der Waals surface area (Å²) in [5.41, 5.74) is 5.85. The third-order valence-electron chi connectivity index (χ3n) is 5.43. The van der Waals surface area contributed by atoms with Crippen molar-refractivity contribution in [2.24, 2.45) is 0 Å². The van der Waals surface area contributed by atoms with E-state index in [0.717, 1.165) is 34.4 Å². The number of rotatable bonds is 4. The predicted octanol–water partition coefficient (Wildman–Crippen LogP) is 7.11. The lowest BCUT2D eigenvalue weighted by molar-refractivity contribution is -0.113. The molecule has 1 aromatic heterocycles. The van der Waals surface area contributed by atoms with E-state index in [1.54, 1.807) is 30.3 Å². The van der Waals surface area contributed by atoms with Gasteiger partial charge in [-0.1, -0.05) is 43.6 Å². The first-order valence-electron chi connectivity index (χ1n) is 10.1. The van der Waals surface area contributed by atoms with Crippen LogP contribution in [0.5, 0.6) is 0 Å². The number of carbonyl (C=O) groups excluding carboxylic acids is 2. The first-order valence-corrected chi connectivity index (χ1v) is 11.3. The van der Waals surface area contributed by atoms with Gasteiger partial charge in [0.1, 0.15) is 0 Å². The second kappa shape index (κ2) is 8.40. The summed E-state index contributed by atoms with van der Waals surface area (Å²) in [6.07, 6.45) is 1.80. The van der Waals surface area contributed by atoms with Crippen LogP contribution in [0.2, 0.25) is 5.02 Å². The van der Waals surface area contributed by atoms with Crippen molar-refractivity contribution in [2.75, 3.05) is 4.90 Å². The average Bonchev–Trinajstić information content (AvgIpc) is 3.16. The van der Waals surface area contributed by atoms with Crippen molar-refractivity contribution in [2.45, 2.75) is 33.6 Å². The molecular formula is C25H23ClN2O2S. The molecule has 1 saturated heterocycles. The van der Waals surface area contributed by atoms with E-state index in [2.05, 4.69) is 42.7 Å². The van der Waals surface area contributed by atoms with Gasteiger partial charge in [-0.25, -0.2) is 4.90 Å². The molecular weight excluding hydrogens is 428 g/mol. The molecule has 4 nitrogen and oxygen atoms in total. The topological polar surface area (TPSA) is 42.3 Å². The molecule has 1 aliphatic rings. The molecule has 0 unspecified atom stereocenters. The molecule has 1 fully saturated rings. The maximum absolute atomic E-state index is 13.0. The number of nitrogens with zero attached hydrogens (tertiary/aromatic N) is 2. The molecule has 158 valence electrons. The van der Waals surface area contributed by atoms with E-state index in [4.69, 9.17) is 11.6 Å². The Balaban J connectivity index is 1.67. The Hall–Kier alpha value is -2.76. The highest BCUT2D eigenvalue weighted by atomic mass is 35.5. The lowest BCUT2D eigenvalue weighted by atomic mass is 10.0. The van der Waals surface area contributed by atoms with Crippen LogP contribution in [0.3, 0.4) is 0 Å². The number of halogens is 1. The summed E-state index contributed by atoms with van der Waals surface area (Å²) >= 11 is 6.99. The van der Waals surface area contributed by atoms with E-state index in [1.807, 2.05) is 19.9 Å². The number of anilines is 1. The van der Waals surface area contributed by atoms with Crippen molar-refractivity contribution in [1.82, 2.24) is 4.57 Å². The Morgan fingerprint density at radius 3 is 2.32 bits per heavy atom. The summed E-state index contributed by atoms with van der Waals surface area (Å²) in [5.74, 6) is 0.148. The number of aryl methyl sites for hydroxylation is 1. The van der Waals surface area contributed by atoms with Crippen molar-refractivity contribution in [3.05, 3.63) is 87.0 Å². The lowest BCUT2D eigenvalue weighted by Gasteiger charge is -2.12. The minimum atomic E-state index is -0.330. The standard InChI is InChI=1S/C25H23ClN2O2S/c1-15(2)18-8-10-21(11-9-18)27-16(3)12-19(17(27)4)13-23-24(29)28(25(30)31-23)22-7-5-6-20(26)14-22/h5-15H,1-4H3/b23-13+. The number of imide groups is 1. The van der Waals surface area contributed by atoms with E-state index >= 15 is 0 Å². The minimum Gasteiger partial charge on any atom is -0.318 e. The molecule has 0 spiro atoms. The summed E-state index contributed by atoms with van der Waals surface area (Å²) in [4.78, 5) is 27.1. The van der Waals surface area contributed by atoms with Crippen LogP contribution in [0, 0.1) is 13.8 Å². The number of benzene rings is 2. The molecule has 31 heavy (non-hydrogen) atoms. The second-order valence-corrected chi connectivity index (χ2v) is 9.33. The largest absolute Gasteiger partial charge is 0.318 e. The molecule has 4 rings (SSSR count). The molecule has 0 N–H and O–H groups in total. The molecule has 0 bridgehead atoms. The van der Waals surface area contributed by atoms with Crippen LogP contribution < -0.4 is 4.90 Å². The SMILES string of the molecule is Cc1cc(/C=C2/SC(=O)N(c3cccc(Cl)c3)C2=O)c(C)n1-c1ccc(C(C)C)cc1. The fourth-order valence-electron chi connectivity index (χ4n) is 3.79. The van der Waals surface area contributed by atoms with E-state index in [9.17, 15) is 9.59 Å². The van der Waals surface area contributed by atoms with Gasteiger partial charge < -0.3 is 4.57 Å². The van der Waals surface area contributed by atoms with Gasteiger partial charge >= 0.3 is 0 Å². The zero-order chi connectivity index (χ0) is 22.3. The van der Waals surface area contributed by atoms with Crippen LogP contribution in [-0.2, 0) is 4.79 Å². The van der Waals surface area contributed by atoms with Crippen LogP contribution in [0.1, 0.15) is 42.3 Å². The second-order valence-electron chi connectivity index (χ2n) is 7.91. The number of thioether (sulfide) groups is 1. The minimum absolute atomic E-state index is 0.323. The first kappa shape index (κ1) is 21.5. The number of hydrogen-bond acceptors (Lipinski definition) is 3. The van der Waals surface area contributed by atoms with Crippen LogP contribution in [-0.4, -0.2) is 15.7 Å². The zero-order valence-electron chi connectivity index (χ0n) is 17.8. The average molecular weight is 451 g/mol. The lowest BCUT2D eigenvalue weighted by Crippen LogP contribution is -2.27. The van der Waals surface area contributed by atoms with E-state index < -0.39 is 0 Å². The van der Waals surface area contributed by atoms with Crippen molar-refractivity contribution in [3.8, 4) is 5.69 Å². The summed E-state index contributed by atoms with van der Waals surface area (Å²) in [6, 6.07) is 17.3. The Labute approximate surface area is 191 Å². The van der Waals surface area contributed by atoms with Gasteiger partial charge in [0.25, 0.3) is 11.1 Å². The molecule has 1 aliphatic heterocycles. The predicted molar refractivity (Wildman–Crippen MR) is 129 cm³/mol. The van der Waals surface area contributed by atoms with Gasteiger partial charge in [0, 0.05) is 22.1 Å². The third kappa shape index (κ3) is 4.08. The molecule has 3 aromatic rings. The third-order valence-corrected chi connectivity index (χ3v) is 6.54. The van der Waals surface area contributed by atoms with E-state index in [1.165, 1.54) is 10.5 Å². The fourth-order valence-corrected chi connectivity index (χ4v) is 4.80. The number of aromatic nitrogens is 1. The van der Waals surface area contributed by atoms with Crippen molar-refractivity contribution < 1.29 is 9.59 Å². The van der Waals surface area contributed by atoms with Crippen molar-refractivity contribution in [1.29, 1.82) is 0 Å². The van der Waals surface area contributed by atoms with E-state index in [0.29, 0.717) is 21.5 Å². The van der Waals surface area contributed by atoms with Gasteiger partial charge in [0.15, 0.2) is 0 Å². The molecule has 0 aliphatic carbocycles. The zero-order valence-corrected chi connectivity index (χ0v) is 19.4. The molecule has 0 saturated carbocycles. The van der Waals surface area contributed by atoms with Crippen LogP contribution >= 0.6 is 23.4 Å². The van der Waals surface area contributed by atoms with Crippen molar-refractivity contribution in [3.63, 3.8) is 0 Å². The Morgan fingerprint density at radius 1 is 0.968 bits per heavy atom. The van der Waals surface area contributed by atoms with E-state index in [-0.39, 0.29) is 11.1 Å². The van der Waals surface area contributed by atoms with Crippen LogP contribution in [0.4, 0.5) is 10.5 Å². The smallest absolute Gasteiger partial charge is 0.298 e. The Bertz CT molecular complexity index is 1210. The number of amides is 2. The summed E-state index contributed by atoms with van der Waals surface area (Å²) in [6.45, 7) is 8.42. The van der Waals surface area contributed by atoms with Gasteiger partial charge in [-0.15, -0.1) is 0 Å². The molecule has 2 amide bonds. The highest BCUT2D eigenvalue weighted by Gasteiger charge is 2.36. The van der Waals surface area contributed by atoms with Gasteiger partial charge in [-0.3, -0.25) is 9.59 Å². The van der Waals surface area contributed by atoms with Crippen LogP contribution in [0.25, 0.3) is 11.8 Å².